The van der Waals surface area contributed by atoms with E-state index < -0.39 is 0 Å². The van der Waals surface area contributed by atoms with Gasteiger partial charge in [-0.3, -0.25) is 4.79 Å². The zero-order chi connectivity index (χ0) is 22.1. The molecule has 0 spiro atoms. The summed E-state index contributed by atoms with van der Waals surface area (Å²) in [6.07, 6.45) is 9.42. The molecule has 29 heavy (non-hydrogen) atoms. The number of ketones is 1. The van der Waals surface area contributed by atoms with Gasteiger partial charge in [0.15, 0.2) is 5.78 Å². The Bertz CT molecular complexity index is 524. The fourth-order valence-corrected chi connectivity index (χ4v) is 4.52. The molecule has 1 unspecified atom stereocenters. The topological polar surface area (TPSA) is 35.5 Å². The number of carbonyl (C=O) groups excluding carboxylic acids is 1. The van der Waals surface area contributed by atoms with Crippen LogP contribution in [0.3, 0.4) is 0 Å². The molecule has 0 aliphatic heterocycles. The van der Waals surface area contributed by atoms with Gasteiger partial charge in [0, 0.05) is 13.0 Å². The molecule has 0 saturated heterocycles. The van der Waals surface area contributed by atoms with Crippen molar-refractivity contribution in [2.45, 2.75) is 117 Å². The van der Waals surface area contributed by atoms with Crippen LogP contribution in [0.2, 0.25) is 10.1 Å². The molecule has 0 fully saturated rings. The smallest absolute Gasteiger partial charge is 0.237 e. The summed E-state index contributed by atoms with van der Waals surface area (Å²) in [6, 6.07) is 0. The van der Waals surface area contributed by atoms with Crippen molar-refractivity contribution in [1.29, 1.82) is 0 Å². The van der Waals surface area contributed by atoms with Gasteiger partial charge in [-0.05, 0) is 52.8 Å². The second-order valence-corrected chi connectivity index (χ2v) is 13.8. The van der Waals surface area contributed by atoms with Gasteiger partial charge in [-0.1, -0.05) is 74.7 Å². The number of rotatable bonds is 15. The number of unbranched alkanes of at least 4 members (excludes halogenated alkanes) is 4. The molecule has 5 heteroatoms. The Hall–Kier alpha value is -0.236. The molecule has 166 valence electrons. The van der Waals surface area contributed by atoms with E-state index in [0.717, 1.165) is 25.9 Å². The fourth-order valence-electron chi connectivity index (χ4n) is 2.75. The van der Waals surface area contributed by atoms with Crippen LogP contribution in [0.1, 0.15) is 100 Å². The van der Waals surface area contributed by atoms with Crippen LogP contribution >= 0.6 is 0 Å². The summed E-state index contributed by atoms with van der Waals surface area (Å²) in [4.78, 5) is 11.9. The summed E-state index contributed by atoms with van der Waals surface area (Å²) in [5, 5.41) is 0.458. The van der Waals surface area contributed by atoms with Crippen molar-refractivity contribution in [3.8, 4) is 0 Å². The SMILES string of the molecule is CC(C)C(C)(C)[Si]OCCCCCCCC1=CC(=O)CC1O[Si]C(C)(C)C(C)C. The molecule has 1 rings (SSSR count). The molecular weight excluding hydrogens is 392 g/mol. The molecule has 1 atom stereocenters. The maximum absolute atomic E-state index is 11.9. The van der Waals surface area contributed by atoms with Crippen molar-refractivity contribution in [3.63, 3.8) is 0 Å². The predicted octanol–water partition coefficient (Wildman–Crippen LogP) is 6.58. The van der Waals surface area contributed by atoms with Crippen LogP contribution in [0.4, 0.5) is 0 Å². The normalized spacial score (nSPS) is 18.2. The van der Waals surface area contributed by atoms with E-state index >= 15 is 0 Å². The van der Waals surface area contributed by atoms with Crippen molar-refractivity contribution in [2.75, 3.05) is 6.61 Å². The van der Waals surface area contributed by atoms with E-state index in [9.17, 15) is 4.79 Å². The lowest BCUT2D eigenvalue weighted by molar-refractivity contribution is -0.114. The van der Waals surface area contributed by atoms with Gasteiger partial charge in [0.1, 0.15) is 0 Å². The van der Waals surface area contributed by atoms with Gasteiger partial charge in [0.25, 0.3) is 0 Å². The molecule has 0 saturated carbocycles. The summed E-state index contributed by atoms with van der Waals surface area (Å²) in [5.74, 6) is 1.47. The lowest BCUT2D eigenvalue weighted by atomic mass is 9.99. The molecule has 0 aromatic carbocycles. The molecular formula is C24H44O3Si2. The van der Waals surface area contributed by atoms with Gasteiger partial charge in [-0.2, -0.15) is 0 Å². The minimum absolute atomic E-state index is 0.0255. The molecule has 3 nitrogen and oxygen atoms in total. The highest BCUT2D eigenvalue weighted by atomic mass is 28.2. The number of hydrogen-bond donors (Lipinski definition) is 0. The van der Waals surface area contributed by atoms with Crippen molar-refractivity contribution >= 4 is 25.3 Å². The molecule has 0 aromatic heterocycles. The van der Waals surface area contributed by atoms with Crippen LogP contribution in [0.25, 0.3) is 0 Å². The Labute approximate surface area is 185 Å². The highest BCUT2D eigenvalue weighted by molar-refractivity contribution is 6.32. The van der Waals surface area contributed by atoms with E-state index in [1.165, 1.54) is 24.8 Å². The minimum atomic E-state index is 0.0255. The van der Waals surface area contributed by atoms with Crippen LogP contribution in [-0.2, 0) is 13.6 Å². The second-order valence-electron chi connectivity index (χ2n) is 10.3. The van der Waals surface area contributed by atoms with Gasteiger partial charge in [0.2, 0.25) is 19.5 Å². The van der Waals surface area contributed by atoms with E-state index in [2.05, 4.69) is 55.4 Å². The first-order valence-corrected chi connectivity index (χ1v) is 13.3. The molecule has 4 radical (unpaired) electrons. The Morgan fingerprint density at radius 3 is 2.10 bits per heavy atom. The van der Waals surface area contributed by atoms with E-state index in [1.807, 2.05) is 6.08 Å². The van der Waals surface area contributed by atoms with Gasteiger partial charge < -0.3 is 8.85 Å². The maximum atomic E-state index is 11.9. The number of allylic oxidation sites excluding steroid dienone is 1. The minimum Gasteiger partial charge on any atom is -0.417 e. The Kier molecular flexibility index (Phi) is 11.6. The highest BCUT2D eigenvalue weighted by Gasteiger charge is 2.30. The predicted molar refractivity (Wildman–Crippen MR) is 126 cm³/mol. The van der Waals surface area contributed by atoms with Crippen molar-refractivity contribution in [1.82, 2.24) is 0 Å². The van der Waals surface area contributed by atoms with Gasteiger partial charge in [-0.25, -0.2) is 0 Å². The molecule has 0 amide bonds. The van der Waals surface area contributed by atoms with Crippen molar-refractivity contribution in [3.05, 3.63) is 11.6 Å². The highest BCUT2D eigenvalue weighted by Crippen LogP contribution is 2.35. The van der Waals surface area contributed by atoms with E-state index in [4.69, 9.17) is 8.85 Å². The molecule has 0 aromatic rings. The van der Waals surface area contributed by atoms with Crippen LogP contribution in [-0.4, -0.2) is 38.0 Å². The van der Waals surface area contributed by atoms with Crippen molar-refractivity contribution < 1.29 is 13.6 Å². The number of hydrogen-bond acceptors (Lipinski definition) is 3. The third-order valence-electron chi connectivity index (χ3n) is 6.54. The van der Waals surface area contributed by atoms with E-state index in [1.54, 1.807) is 0 Å². The van der Waals surface area contributed by atoms with Gasteiger partial charge in [-0.15, -0.1) is 0 Å². The standard InChI is InChI=1S/C24H44O3Si2/c1-18(2)23(5,6)28-26-15-13-11-9-10-12-14-20-16-21(25)17-22(20)27-29-24(7,8)19(3)4/h16,18-19,22H,9-15,17H2,1-8H3. The number of carbonyl (C=O) groups is 1. The third-order valence-corrected chi connectivity index (χ3v) is 9.50. The van der Waals surface area contributed by atoms with Gasteiger partial charge in [0.05, 0.1) is 6.10 Å². The van der Waals surface area contributed by atoms with Crippen LogP contribution < -0.4 is 0 Å². The first kappa shape index (κ1) is 26.8. The summed E-state index contributed by atoms with van der Waals surface area (Å²) in [6.45, 7) is 19.0. The molecule has 0 N–H and O–H groups in total. The zero-order valence-corrected chi connectivity index (χ0v) is 22.2. The van der Waals surface area contributed by atoms with E-state index in [0.29, 0.717) is 37.8 Å². The van der Waals surface area contributed by atoms with Gasteiger partial charge >= 0.3 is 0 Å². The maximum Gasteiger partial charge on any atom is 0.237 e. The Morgan fingerprint density at radius 2 is 1.48 bits per heavy atom. The summed E-state index contributed by atoms with van der Waals surface area (Å²) in [5.41, 5.74) is 1.22. The first-order chi connectivity index (χ1) is 13.5. The summed E-state index contributed by atoms with van der Waals surface area (Å²) < 4.78 is 12.1. The molecule has 1 aliphatic carbocycles. The van der Waals surface area contributed by atoms with Crippen LogP contribution in [0.15, 0.2) is 11.6 Å². The summed E-state index contributed by atoms with van der Waals surface area (Å²) in [7, 11) is 1.03. The average molecular weight is 437 g/mol. The second kappa shape index (κ2) is 12.6. The first-order valence-electron chi connectivity index (χ1n) is 11.5. The van der Waals surface area contributed by atoms with Crippen LogP contribution in [0, 0.1) is 11.8 Å². The summed E-state index contributed by atoms with van der Waals surface area (Å²) >= 11 is 0. The fraction of sp³-hybridized carbons (Fsp3) is 0.875. The third kappa shape index (κ3) is 10.1. The quantitative estimate of drug-likeness (QED) is 0.215. The monoisotopic (exact) mass is 436 g/mol. The Morgan fingerprint density at radius 1 is 0.931 bits per heavy atom. The average Bonchev–Trinajstić information content (AvgIpc) is 2.98. The molecule has 0 heterocycles. The molecule has 0 bridgehead atoms. The van der Waals surface area contributed by atoms with Crippen LogP contribution in [0.5, 0.6) is 0 Å². The Balaban J connectivity index is 2.16. The van der Waals surface area contributed by atoms with E-state index in [-0.39, 0.29) is 22.0 Å². The largest absolute Gasteiger partial charge is 0.417 e. The molecule has 1 aliphatic rings. The lowest BCUT2D eigenvalue weighted by Gasteiger charge is -2.29. The zero-order valence-electron chi connectivity index (χ0n) is 20.2. The lowest BCUT2D eigenvalue weighted by Crippen LogP contribution is -2.27. The van der Waals surface area contributed by atoms with Crippen molar-refractivity contribution in [2.24, 2.45) is 11.8 Å².